The average molecular weight is 496 g/mol. The van der Waals surface area contributed by atoms with Gasteiger partial charge < -0.3 is 4.57 Å². The standard InChI is InChI=1S/C22H23Cl2N3O4S/c1-3-4-7-12-32(30,31)26-21(28)15-10-11-17-19(13-15)27(14(2)25-22(17)29)20(24)16-8-5-6-9-18(16)23/h5-6,8-11,13,20H,3-4,7,12H2,1-2H3,(H,26,28). The van der Waals surface area contributed by atoms with Gasteiger partial charge >= 0.3 is 0 Å². The Hall–Kier alpha value is -2.42. The Morgan fingerprint density at radius 1 is 1.19 bits per heavy atom. The number of carbonyl (C=O) groups is 1. The zero-order chi connectivity index (χ0) is 23.5. The molecule has 0 spiro atoms. The number of aromatic nitrogens is 2. The normalized spacial score (nSPS) is 12.6. The molecule has 0 fully saturated rings. The Bertz CT molecular complexity index is 1320. The smallest absolute Gasteiger partial charge is 0.280 e. The molecule has 1 aromatic heterocycles. The van der Waals surface area contributed by atoms with Crippen molar-refractivity contribution >= 4 is 50.0 Å². The number of nitrogens with zero attached hydrogens (tertiary/aromatic N) is 2. The van der Waals surface area contributed by atoms with Gasteiger partial charge in [-0.1, -0.05) is 61.2 Å². The number of benzene rings is 2. The second-order valence-corrected chi connectivity index (χ2v) is 10.0. The van der Waals surface area contributed by atoms with Crippen LogP contribution in [0.3, 0.4) is 0 Å². The highest BCUT2D eigenvalue weighted by atomic mass is 35.5. The molecule has 0 saturated carbocycles. The first kappa shape index (κ1) is 24.2. The number of sulfonamides is 1. The van der Waals surface area contributed by atoms with Gasteiger partial charge in [-0.15, -0.1) is 0 Å². The number of amides is 1. The molecule has 170 valence electrons. The molecular weight excluding hydrogens is 473 g/mol. The molecule has 0 aliphatic heterocycles. The predicted molar refractivity (Wildman–Crippen MR) is 127 cm³/mol. The molecule has 3 rings (SSSR count). The first-order valence-corrected chi connectivity index (χ1v) is 12.6. The van der Waals surface area contributed by atoms with Crippen LogP contribution in [0.4, 0.5) is 0 Å². The molecule has 0 radical (unpaired) electrons. The molecule has 10 heteroatoms. The maximum atomic E-state index is 12.7. The van der Waals surface area contributed by atoms with E-state index in [0.717, 1.165) is 12.8 Å². The zero-order valence-electron chi connectivity index (χ0n) is 17.6. The Kier molecular flexibility index (Phi) is 7.59. The van der Waals surface area contributed by atoms with E-state index in [4.69, 9.17) is 23.2 Å². The summed E-state index contributed by atoms with van der Waals surface area (Å²) >= 11 is 13.0. The van der Waals surface area contributed by atoms with Gasteiger partial charge in [0, 0.05) is 16.1 Å². The molecule has 1 N–H and O–H groups in total. The third kappa shape index (κ3) is 5.31. The molecule has 1 heterocycles. The first-order chi connectivity index (χ1) is 15.1. The van der Waals surface area contributed by atoms with Crippen LogP contribution in [0.15, 0.2) is 47.3 Å². The molecule has 3 aromatic rings. The van der Waals surface area contributed by atoms with Crippen LogP contribution in [0.5, 0.6) is 0 Å². The molecule has 1 unspecified atom stereocenters. The van der Waals surface area contributed by atoms with Crippen LogP contribution in [0.2, 0.25) is 5.02 Å². The summed E-state index contributed by atoms with van der Waals surface area (Å²) in [5.41, 5.74) is -0.262. The van der Waals surface area contributed by atoms with Gasteiger partial charge in [-0.3, -0.25) is 9.59 Å². The van der Waals surface area contributed by atoms with E-state index in [-0.39, 0.29) is 16.7 Å². The first-order valence-electron chi connectivity index (χ1n) is 10.1. The van der Waals surface area contributed by atoms with Crippen molar-refractivity contribution in [2.75, 3.05) is 5.75 Å². The summed E-state index contributed by atoms with van der Waals surface area (Å²) in [4.78, 5) is 29.1. The fraction of sp³-hybridized carbons (Fsp3) is 0.318. The van der Waals surface area contributed by atoms with E-state index in [1.807, 2.05) is 6.92 Å². The molecule has 1 atom stereocenters. The quantitative estimate of drug-likeness (QED) is 0.369. The SMILES string of the molecule is CCCCCS(=O)(=O)NC(=O)c1ccc2c(=O)nc(C)n(C(Cl)c3ccccc3Cl)c2c1. The van der Waals surface area contributed by atoms with Gasteiger partial charge in [-0.05, 0) is 37.6 Å². The molecular formula is C22H23Cl2N3O4S. The summed E-state index contributed by atoms with van der Waals surface area (Å²) < 4.78 is 28.1. The van der Waals surface area contributed by atoms with Crippen molar-refractivity contribution in [2.24, 2.45) is 0 Å². The van der Waals surface area contributed by atoms with Crippen molar-refractivity contribution in [3.8, 4) is 0 Å². The largest absolute Gasteiger partial charge is 0.308 e. The van der Waals surface area contributed by atoms with E-state index in [1.165, 1.54) is 18.2 Å². The van der Waals surface area contributed by atoms with Crippen molar-refractivity contribution in [1.82, 2.24) is 14.3 Å². The summed E-state index contributed by atoms with van der Waals surface area (Å²) in [5.74, 6) is -0.586. The van der Waals surface area contributed by atoms with Gasteiger partial charge in [0.2, 0.25) is 10.0 Å². The fourth-order valence-electron chi connectivity index (χ4n) is 3.38. The van der Waals surface area contributed by atoms with E-state index in [0.29, 0.717) is 28.3 Å². The number of unbranched alkanes of at least 4 members (excludes halogenated alkanes) is 2. The van der Waals surface area contributed by atoms with Crippen molar-refractivity contribution < 1.29 is 13.2 Å². The molecule has 0 saturated heterocycles. The van der Waals surface area contributed by atoms with E-state index in [1.54, 1.807) is 35.8 Å². The number of carbonyl (C=O) groups excluding carboxylic acids is 1. The van der Waals surface area contributed by atoms with Gasteiger partial charge in [0.1, 0.15) is 11.3 Å². The highest BCUT2D eigenvalue weighted by molar-refractivity contribution is 7.90. The van der Waals surface area contributed by atoms with Gasteiger partial charge in [0.05, 0.1) is 16.7 Å². The second-order valence-electron chi connectivity index (χ2n) is 7.38. The summed E-state index contributed by atoms with van der Waals surface area (Å²) in [6, 6.07) is 11.3. The molecule has 0 bridgehead atoms. The van der Waals surface area contributed by atoms with E-state index in [9.17, 15) is 18.0 Å². The average Bonchev–Trinajstić information content (AvgIpc) is 2.73. The maximum Gasteiger partial charge on any atom is 0.280 e. The number of halogens is 2. The lowest BCUT2D eigenvalue weighted by Crippen LogP contribution is -2.32. The fourth-order valence-corrected chi connectivity index (χ4v) is 5.19. The highest BCUT2D eigenvalue weighted by Crippen LogP contribution is 2.32. The number of alkyl halides is 1. The Labute approximate surface area is 196 Å². The monoisotopic (exact) mass is 495 g/mol. The van der Waals surface area contributed by atoms with Crippen molar-refractivity contribution in [3.05, 3.63) is 74.8 Å². The van der Waals surface area contributed by atoms with Crippen LogP contribution < -0.4 is 10.3 Å². The summed E-state index contributed by atoms with van der Waals surface area (Å²) in [5, 5.41) is 0.682. The zero-order valence-corrected chi connectivity index (χ0v) is 20.0. The minimum atomic E-state index is -3.77. The van der Waals surface area contributed by atoms with E-state index < -0.39 is 27.0 Å². The summed E-state index contributed by atoms with van der Waals surface area (Å²) in [6.07, 6.45) is 2.08. The Morgan fingerprint density at radius 3 is 2.59 bits per heavy atom. The summed E-state index contributed by atoms with van der Waals surface area (Å²) in [6.45, 7) is 3.58. The Morgan fingerprint density at radius 2 is 1.91 bits per heavy atom. The van der Waals surface area contributed by atoms with Crippen LogP contribution in [0.1, 0.15) is 53.4 Å². The number of aryl methyl sites for hydroxylation is 1. The van der Waals surface area contributed by atoms with Crippen LogP contribution in [0.25, 0.3) is 10.9 Å². The Balaban J connectivity index is 2.05. The lowest BCUT2D eigenvalue weighted by Gasteiger charge is -2.20. The van der Waals surface area contributed by atoms with E-state index >= 15 is 0 Å². The van der Waals surface area contributed by atoms with Gasteiger partial charge in [0.15, 0.2) is 0 Å². The summed E-state index contributed by atoms with van der Waals surface area (Å²) in [7, 11) is -3.77. The molecule has 0 aliphatic carbocycles. The van der Waals surface area contributed by atoms with Crippen molar-refractivity contribution in [2.45, 2.75) is 38.6 Å². The lowest BCUT2D eigenvalue weighted by atomic mass is 10.1. The topological polar surface area (TPSA) is 98.1 Å². The number of nitrogens with one attached hydrogen (secondary N) is 1. The van der Waals surface area contributed by atoms with Gasteiger partial charge in [-0.2, -0.15) is 4.98 Å². The number of hydrogen-bond donors (Lipinski definition) is 1. The number of fused-ring (bicyclic) bond motifs is 1. The molecule has 32 heavy (non-hydrogen) atoms. The predicted octanol–water partition coefficient (Wildman–Crippen LogP) is 4.39. The van der Waals surface area contributed by atoms with Crippen LogP contribution >= 0.6 is 23.2 Å². The second kappa shape index (κ2) is 10.0. The lowest BCUT2D eigenvalue weighted by molar-refractivity contribution is 0.0981. The maximum absolute atomic E-state index is 12.7. The molecule has 0 aliphatic rings. The van der Waals surface area contributed by atoms with Crippen LogP contribution in [-0.4, -0.2) is 29.6 Å². The number of rotatable bonds is 8. The third-order valence-electron chi connectivity index (χ3n) is 5.02. The van der Waals surface area contributed by atoms with Crippen LogP contribution in [0, 0.1) is 6.92 Å². The van der Waals surface area contributed by atoms with Crippen molar-refractivity contribution in [1.29, 1.82) is 0 Å². The van der Waals surface area contributed by atoms with Gasteiger partial charge in [0.25, 0.3) is 11.5 Å². The highest BCUT2D eigenvalue weighted by Gasteiger charge is 2.21. The minimum Gasteiger partial charge on any atom is -0.308 e. The van der Waals surface area contributed by atoms with E-state index in [2.05, 4.69) is 9.71 Å². The molecule has 2 aromatic carbocycles. The number of hydrogen-bond acceptors (Lipinski definition) is 5. The van der Waals surface area contributed by atoms with Crippen LogP contribution in [-0.2, 0) is 10.0 Å². The molecule has 7 nitrogen and oxygen atoms in total. The van der Waals surface area contributed by atoms with Gasteiger partial charge in [-0.25, -0.2) is 13.1 Å². The molecule has 1 amide bonds. The minimum absolute atomic E-state index is 0.0818. The van der Waals surface area contributed by atoms with Crippen molar-refractivity contribution in [3.63, 3.8) is 0 Å². The third-order valence-corrected chi connectivity index (χ3v) is 7.11.